The number of carbonyl (C=O) groups excluding carboxylic acids is 1. The van der Waals surface area contributed by atoms with Crippen molar-refractivity contribution in [3.05, 3.63) is 0 Å². The number of nitrogens with zero attached hydrogens (tertiary/aromatic N) is 1. The smallest absolute Gasteiger partial charge is 0.219 e. The van der Waals surface area contributed by atoms with Gasteiger partial charge in [-0.25, -0.2) is 0 Å². The molecule has 0 radical (unpaired) electrons. The van der Waals surface area contributed by atoms with E-state index in [1.807, 2.05) is 32.6 Å². The first-order valence-corrected chi connectivity index (χ1v) is 6.02. The molecule has 3 nitrogen and oxygen atoms in total. The van der Waals surface area contributed by atoms with Crippen LogP contribution in [0.1, 0.15) is 47.5 Å². The minimum Gasteiger partial charge on any atom is -0.383 e. The van der Waals surface area contributed by atoms with Gasteiger partial charge in [0.1, 0.15) is 0 Å². The highest BCUT2D eigenvalue weighted by molar-refractivity contribution is 5.73. The Bertz CT molecular complexity index is 149. The molecule has 1 amide bonds. The molecule has 1 unspecified atom stereocenters. The summed E-state index contributed by atoms with van der Waals surface area (Å²) in [6.07, 6.45) is 2.21. The lowest BCUT2D eigenvalue weighted by Crippen LogP contribution is -2.36. The van der Waals surface area contributed by atoms with Crippen LogP contribution in [-0.2, 0) is 9.53 Å². The average Bonchev–Trinajstić information content (AvgIpc) is 2.73. The number of rotatable bonds is 2. The topological polar surface area (TPSA) is 29.5 Å². The second-order valence-electron chi connectivity index (χ2n) is 2.96. The summed E-state index contributed by atoms with van der Waals surface area (Å²) in [4.78, 5) is 12.9. The molecule has 1 heterocycles. The highest BCUT2D eigenvalue weighted by Crippen LogP contribution is 2.16. The molecule has 1 aliphatic heterocycles. The maximum absolute atomic E-state index is 11.0. The summed E-state index contributed by atoms with van der Waals surface area (Å²) in [7, 11) is 1.68. The molecule has 0 N–H and O–H groups in total. The molecular formula is C12H27NO2. The van der Waals surface area contributed by atoms with Crippen LogP contribution in [0.25, 0.3) is 0 Å². The molecular weight excluding hydrogens is 190 g/mol. The molecule has 1 rings (SSSR count). The summed E-state index contributed by atoms with van der Waals surface area (Å²) in [6, 6.07) is 0.331. The molecule has 1 aliphatic rings. The van der Waals surface area contributed by atoms with Gasteiger partial charge >= 0.3 is 0 Å². The first-order valence-electron chi connectivity index (χ1n) is 6.02. The van der Waals surface area contributed by atoms with Gasteiger partial charge in [0.05, 0.1) is 12.6 Å². The third-order valence-electron chi connectivity index (χ3n) is 2.14. The van der Waals surface area contributed by atoms with E-state index < -0.39 is 0 Å². The van der Waals surface area contributed by atoms with Crippen molar-refractivity contribution in [3.63, 3.8) is 0 Å². The average molecular weight is 217 g/mol. The Hall–Kier alpha value is -0.570. The van der Waals surface area contributed by atoms with E-state index in [4.69, 9.17) is 4.74 Å². The van der Waals surface area contributed by atoms with Crippen LogP contribution >= 0.6 is 0 Å². The van der Waals surface area contributed by atoms with Crippen molar-refractivity contribution in [1.29, 1.82) is 0 Å². The zero-order valence-electron chi connectivity index (χ0n) is 11.2. The molecule has 1 saturated heterocycles. The van der Waals surface area contributed by atoms with E-state index in [1.165, 1.54) is 0 Å². The van der Waals surface area contributed by atoms with Crippen LogP contribution in [0.4, 0.5) is 0 Å². The van der Waals surface area contributed by atoms with Gasteiger partial charge in [-0.05, 0) is 12.8 Å². The molecule has 92 valence electrons. The van der Waals surface area contributed by atoms with Crippen molar-refractivity contribution in [2.75, 3.05) is 20.3 Å². The molecule has 0 saturated carbocycles. The molecule has 3 heteroatoms. The Morgan fingerprint density at radius 3 is 2.27 bits per heavy atom. The molecule has 0 aromatic rings. The van der Waals surface area contributed by atoms with Crippen molar-refractivity contribution < 1.29 is 9.53 Å². The summed E-state index contributed by atoms with van der Waals surface area (Å²) in [5.41, 5.74) is 0. The van der Waals surface area contributed by atoms with Gasteiger partial charge in [0.15, 0.2) is 0 Å². The zero-order valence-corrected chi connectivity index (χ0v) is 11.2. The Morgan fingerprint density at radius 1 is 1.33 bits per heavy atom. The largest absolute Gasteiger partial charge is 0.383 e. The Balaban J connectivity index is 0. The van der Waals surface area contributed by atoms with Gasteiger partial charge in [-0.15, -0.1) is 0 Å². The predicted molar refractivity (Wildman–Crippen MR) is 65.0 cm³/mol. The molecule has 1 fully saturated rings. The Labute approximate surface area is 94.8 Å². The Morgan fingerprint density at radius 2 is 1.87 bits per heavy atom. The van der Waals surface area contributed by atoms with Gasteiger partial charge in [-0.3, -0.25) is 4.79 Å². The van der Waals surface area contributed by atoms with E-state index >= 15 is 0 Å². The maximum atomic E-state index is 11.0. The molecule has 0 aromatic heterocycles. The fourth-order valence-corrected chi connectivity index (χ4v) is 1.62. The highest BCUT2D eigenvalue weighted by atomic mass is 16.5. The van der Waals surface area contributed by atoms with Crippen LogP contribution in [0.2, 0.25) is 0 Å². The molecule has 0 aliphatic carbocycles. The highest BCUT2D eigenvalue weighted by Gasteiger charge is 2.25. The summed E-state index contributed by atoms with van der Waals surface area (Å²) in [5.74, 6) is 0.171. The molecule has 0 bridgehead atoms. The van der Waals surface area contributed by atoms with Crippen LogP contribution in [0.3, 0.4) is 0 Å². The lowest BCUT2D eigenvalue weighted by atomic mass is 10.2. The van der Waals surface area contributed by atoms with Gasteiger partial charge < -0.3 is 9.64 Å². The maximum Gasteiger partial charge on any atom is 0.219 e. The van der Waals surface area contributed by atoms with Gasteiger partial charge in [-0.2, -0.15) is 0 Å². The molecule has 1 atom stereocenters. The van der Waals surface area contributed by atoms with E-state index in [2.05, 4.69) is 0 Å². The van der Waals surface area contributed by atoms with E-state index in [0.717, 1.165) is 19.4 Å². The van der Waals surface area contributed by atoms with E-state index in [9.17, 15) is 4.79 Å². The zero-order chi connectivity index (χ0) is 12.3. The lowest BCUT2D eigenvalue weighted by molar-refractivity contribution is -0.130. The van der Waals surface area contributed by atoms with Crippen LogP contribution in [-0.4, -0.2) is 37.1 Å². The fraction of sp³-hybridized carbons (Fsp3) is 0.917. The van der Waals surface area contributed by atoms with Crippen molar-refractivity contribution >= 4 is 5.91 Å². The lowest BCUT2D eigenvalue weighted by Gasteiger charge is -2.22. The standard InChI is InChI=1S/C8H15NO2.2C2H6/c1-7(10)9-5-3-4-8(9)6-11-2;2*1-2/h8H,3-6H2,1-2H3;2*1-2H3. The van der Waals surface area contributed by atoms with Crippen molar-refractivity contribution in [1.82, 2.24) is 4.90 Å². The van der Waals surface area contributed by atoms with Crippen molar-refractivity contribution in [2.24, 2.45) is 0 Å². The van der Waals surface area contributed by atoms with Gasteiger partial charge in [-0.1, -0.05) is 27.7 Å². The van der Waals surface area contributed by atoms with Crippen LogP contribution in [0.5, 0.6) is 0 Å². The summed E-state index contributed by atoms with van der Waals surface area (Å²) in [5, 5.41) is 0. The Kier molecular flexibility index (Phi) is 12.9. The molecule has 0 aromatic carbocycles. The van der Waals surface area contributed by atoms with Crippen LogP contribution < -0.4 is 0 Å². The number of hydrogen-bond donors (Lipinski definition) is 0. The second kappa shape index (κ2) is 11.5. The monoisotopic (exact) mass is 217 g/mol. The van der Waals surface area contributed by atoms with Gasteiger partial charge in [0.2, 0.25) is 5.91 Å². The summed E-state index contributed by atoms with van der Waals surface area (Å²) < 4.78 is 5.01. The third kappa shape index (κ3) is 6.50. The second-order valence-corrected chi connectivity index (χ2v) is 2.96. The first kappa shape index (κ1) is 16.8. The number of methoxy groups -OCH3 is 1. The van der Waals surface area contributed by atoms with Crippen molar-refractivity contribution in [2.45, 2.75) is 53.5 Å². The number of hydrogen-bond acceptors (Lipinski definition) is 2. The third-order valence-corrected chi connectivity index (χ3v) is 2.14. The van der Waals surface area contributed by atoms with E-state index in [-0.39, 0.29) is 5.91 Å². The minimum absolute atomic E-state index is 0.171. The number of carbonyl (C=O) groups is 1. The van der Waals surface area contributed by atoms with Crippen LogP contribution in [0, 0.1) is 0 Å². The van der Waals surface area contributed by atoms with E-state index in [1.54, 1.807) is 14.0 Å². The normalized spacial score (nSPS) is 18.5. The SMILES string of the molecule is CC.CC.COCC1CCCN1C(C)=O. The van der Waals surface area contributed by atoms with Crippen molar-refractivity contribution in [3.8, 4) is 0 Å². The predicted octanol–water partition coefficient (Wildman–Crippen LogP) is 2.70. The number of ether oxygens (including phenoxy) is 1. The molecule has 15 heavy (non-hydrogen) atoms. The number of likely N-dealkylation sites (tertiary alicyclic amines) is 1. The number of amides is 1. The quantitative estimate of drug-likeness (QED) is 0.711. The van der Waals surface area contributed by atoms with E-state index in [0.29, 0.717) is 12.6 Å². The molecule has 0 spiro atoms. The minimum atomic E-state index is 0.171. The summed E-state index contributed by atoms with van der Waals surface area (Å²) in [6.45, 7) is 11.2. The van der Waals surface area contributed by atoms with Gasteiger partial charge in [0, 0.05) is 20.6 Å². The first-order chi connectivity index (χ1) is 7.25. The van der Waals surface area contributed by atoms with Crippen LogP contribution in [0.15, 0.2) is 0 Å². The fourth-order valence-electron chi connectivity index (χ4n) is 1.62. The van der Waals surface area contributed by atoms with Gasteiger partial charge in [0.25, 0.3) is 0 Å². The summed E-state index contributed by atoms with van der Waals surface area (Å²) >= 11 is 0.